The number of aromatic hydroxyl groups is 1. The van der Waals surface area contributed by atoms with Gasteiger partial charge in [-0.2, -0.15) is 0 Å². The summed E-state index contributed by atoms with van der Waals surface area (Å²) < 4.78 is 21.1. The van der Waals surface area contributed by atoms with Crippen molar-refractivity contribution in [3.05, 3.63) is 82.6 Å². The molecule has 2 N–H and O–H groups in total. The molecule has 33 heavy (non-hydrogen) atoms. The second-order valence-corrected chi connectivity index (χ2v) is 8.09. The Morgan fingerprint density at radius 2 is 1.91 bits per heavy atom. The molecule has 3 aromatic carbocycles. The van der Waals surface area contributed by atoms with E-state index in [1.807, 2.05) is 31.2 Å². The van der Waals surface area contributed by atoms with Crippen molar-refractivity contribution in [2.24, 2.45) is 10.2 Å². The van der Waals surface area contributed by atoms with Crippen molar-refractivity contribution < 1.29 is 14.2 Å². The van der Waals surface area contributed by atoms with Gasteiger partial charge in [0.15, 0.2) is 5.69 Å². The lowest BCUT2D eigenvalue weighted by Gasteiger charge is -2.11. The van der Waals surface area contributed by atoms with Crippen molar-refractivity contribution in [3.63, 3.8) is 0 Å². The lowest BCUT2D eigenvalue weighted by Crippen LogP contribution is -2.07. The molecule has 0 saturated heterocycles. The molecular formula is C24H20ClFN4O2S. The zero-order valence-electron chi connectivity index (χ0n) is 17.8. The molecule has 0 atom stereocenters. The van der Waals surface area contributed by atoms with E-state index < -0.39 is 0 Å². The molecule has 0 spiro atoms. The highest BCUT2D eigenvalue weighted by atomic mass is 35.5. The van der Waals surface area contributed by atoms with Gasteiger partial charge < -0.3 is 19.7 Å². The Balaban J connectivity index is 1.65. The van der Waals surface area contributed by atoms with Crippen molar-refractivity contribution in [2.75, 3.05) is 12.4 Å². The number of para-hydroxylation sites is 1. The highest BCUT2D eigenvalue weighted by Crippen LogP contribution is 2.39. The van der Waals surface area contributed by atoms with Crippen molar-refractivity contribution in [1.82, 2.24) is 4.57 Å². The van der Waals surface area contributed by atoms with Gasteiger partial charge in [0, 0.05) is 22.0 Å². The number of aromatic nitrogens is 1. The second kappa shape index (κ2) is 9.56. The van der Waals surface area contributed by atoms with Crippen LogP contribution >= 0.6 is 23.8 Å². The molecule has 0 radical (unpaired) electrons. The monoisotopic (exact) mass is 482 g/mol. The third kappa shape index (κ3) is 4.67. The van der Waals surface area contributed by atoms with Gasteiger partial charge in [-0.25, -0.2) is 4.39 Å². The van der Waals surface area contributed by atoms with Crippen LogP contribution in [0.5, 0.6) is 11.6 Å². The summed E-state index contributed by atoms with van der Waals surface area (Å²) in [6.45, 7) is 2.00. The number of anilines is 1. The number of methoxy groups -OCH3 is 1. The quantitative estimate of drug-likeness (QED) is 0.237. The fraction of sp³-hybridized carbons (Fsp3) is 0.125. The molecule has 9 heteroatoms. The first-order chi connectivity index (χ1) is 15.9. The van der Waals surface area contributed by atoms with E-state index in [9.17, 15) is 9.50 Å². The summed E-state index contributed by atoms with van der Waals surface area (Å²) in [5.41, 5.74) is 2.81. The van der Waals surface area contributed by atoms with Crippen LogP contribution in [0, 0.1) is 12.7 Å². The van der Waals surface area contributed by atoms with E-state index >= 15 is 0 Å². The summed E-state index contributed by atoms with van der Waals surface area (Å²) in [6.07, 6.45) is 0. The van der Waals surface area contributed by atoms with Crippen LogP contribution in [0.4, 0.5) is 15.8 Å². The van der Waals surface area contributed by atoms with Gasteiger partial charge >= 0.3 is 0 Å². The van der Waals surface area contributed by atoms with Crippen molar-refractivity contribution >= 4 is 51.2 Å². The van der Waals surface area contributed by atoms with E-state index in [0.717, 1.165) is 5.56 Å². The first kappa shape index (κ1) is 22.7. The first-order valence-corrected chi connectivity index (χ1v) is 10.8. The number of nitrogens with zero attached hydrogens (tertiary/aromatic N) is 3. The Labute approximate surface area is 200 Å². The maximum absolute atomic E-state index is 14.2. The minimum atomic E-state index is -0.351. The van der Waals surface area contributed by atoms with Crippen LogP contribution in [-0.2, 0) is 6.54 Å². The standard InChI is InChI=1S/C24H20ClFN4O2S/c1-14-11-19(21(32-2)12-17(14)25)27-24(33)29-28-22-16-8-4-6-10-20(16)30(23(22)31)13-15-7-3-5-9-18(15)26/h3-12,31H,13H2,1-2H3,(H,27,33). The Kier molecular flexibility index (Phi) is 6.57. The largest absolute Gasteiger partial charge is 0.495 e. The average molecular weight is 483 g/mol. The molecule has 4 rings (SSSR count). The van der Waals surface area contributed by atoms with Crippen LogP contribution in [0.1, 0.15) is 11.1 Å². The molecule has 4 aromatic rings. The molecule has 168 valence electrons. The maximum Gasteiger partial charge on any atom is 0.221 e. The minimum Gasteiger partial charge on any atom is -0.495 e. The highest BCUT2D eigenvalue weighted by molar-refractivity contribution is 7.80. The Hall–Kier alpha value is -3.49. The average Bonchev–Trinajstić information content (AvgIpc) is 3.07. The smallest absolute Gasteiger partial charge is 0.221 e. The zero-order chi connectivity index (χ0) is 23.5. The number of fused-ring (bicyclic) bond motifs is 1. The fourth-order valence-corrected chi connectivity index (χ4v) is 3.80. The van der Waals surface area contributed by atoms with Crippen LogP contribution < -0.4 is 10.1 Å². The summed E-state index contributed by atoms with van der Waals surface area (Å²) in [6, 6.07) is 17.2. The van der Waals surface area contributed by atoms with Gasteiger partial charge in [-0.15, -0.1) is 10.2 Å². The number of halogens is 2. The predicted octanol–water partition coefficient (Wildman–Crippen LogP) is 6.99. The molecule has 6 nitrogen and oxygen atoms in total. The SMILES string of the molecule is COc1cc(Cl)c(C)cc1NC(=S)N=Nc1c(O)n(Cc2ccccc2F)c2ccccc12. The lowest BCUT2D eigenvalue weighted by atomic mass is 10.2. The summed E-state index contributed by atoms with van der Waals surface area (Å²) in [4.78, 5) is 0. The van der Waals surface area contributed by atoms with Crippen molar-refractivity contribution in [1.29, 1.82) is 0 Å². The van der Waals surface area contributed by atoms with Gasteiger partial charge in [0.25, 0.3) is 0 Å². The number of ether oxygens (including phenoxy) is 1. The fourth-order valence-electron chi connectivity index (χ4n) is 3.49. The number of azo groups is 1. The highest BCUT2D eigenvalue weighted by Gasteiger charge is 2.18. The number of nitrogens with one attached hydrogen (secondary N) is 1. The van der Waals surface area contributed by atoms with Crippen LogP contribution in [-0.4, -0.2) is 21.9 Å². The number of benzene rings is 3. The van der Waals surface area contributed by atoms with Crippen LogP contribution in [0.15, 0.2) is 70.9 Å². The summed E-state index contributed by atoms with van der Waals surface area (Å²) in [5.74, 6) is 0.0221. The Morgan fingerprint density at radius 1 is 1.18 bits per heavy atom. The van der Waals surface area contributed by atoms with Crippen molar-refractivity contribution in [2.45, 2.75) is 13.5 Å². The summed E-state index contributed by atoms with van der Waals surface area (Å²) in [7, 11) is 1.53. The minimum absolute atomic E-state index is 0.0698. The van der Waals surface area contributed by atoms with Crippen LogP contribution in [0.25, 0.3) is 10.9 Å². The third-order valence-corrected chi connectivity index (χ3v) is 5.76. The van der Waals surface area contributed by atoms with E-state index in [0.29, 0.717) is 32.9 Å². The molecule has 1 aromatic heterocycles. The van der Waals surface area contributed by atoms with E-state index in [2.05, 4.69) is 15.5 Å². The van der Waals surface area contributed by atoms with Gasteiger partial charge in [0.05, 0.1) is 24.9 Å². The molecule has 0 aliphatic heterocycles. The first-order valence-electron chi connectivity index (χ1n) is 9.99. The second-order valence-electron chi connectivity index (χ2n) is 7.30. The number of rotatable bonds is 5. The zero-order valence-corrected chi connectivity index (χ0v) is 19.4. The Morgan fingerprint density at radius 3 is 2.67 bits per heavy atom. The number of hydrogen-bond donors (Lipinski definition) is 2. The number of thiocarbonyl (C=S) groups is 1. The predicted molar refractivity (Wildman–Crippen MR) is 133 cm³/mol. The van der Waals surface area contributed by atoms with Gasteiger partial charge in [-0.1, -0.05) is 48.0 Å². The molecule has 0 unspecified atom stereocenters. The normalized spacial score (nSPS) is 11.3. The van der Waals surface area contributed by atoms with Gasteiger partial charge in [-0.3, -0.25) is 0 Å². The molecular weight excluding hydrogens is 463 g/mol. The molecule has 0 aliphatic rings. The molecule has 0 fully saturated rings. The third-order valence-electron chi connectivity index (χ3n) is 5.17. The van der Waals surface area contributed by atoms with E-state index in [1.54, 1.807) is 34.9 Å². The molecule has 0 aliphatic carbocycles. The van der Waals surface area contributed by atoms with Gasteiger partial charge in [-0.05, 0) is 42.9 Å². The molecule has 0 bridgehead atoms. The Bertz CT molecular complexity index is 1390. The van der Waals surface area contributed by atoms with Crippen molar-refractivity contribution in [3.8, 4) is 11.6 Å². The molecule has 1 heterocycles. The molecule has 0 saturated carbocycles. The number of aryl methyl sites for hydroxylation is 1. The maximum atomic E-state index is 14.2. The summed E-state index contributed by atoms with van der Waals surface area (Å²) >= 11 is 11.5. The van der Waals surface area contributed by atoms with Gasteiger partial charge in [0.2, 0.25) is 11.0 Å². The van der Waals surface area contributed by atoms with E-state index in [4.69, 9.17) is 28.6 Å². The van der Waals surface area contributed by atoms with Gasteiger partial charge in [0.1, 0.15) is 11.6 Å². The van der Waals surface area contributed by atoms with Crippen LogP contribution in [0.3, 0.4) is 0 Å². The molecule has 0 amide bonds. The number of hydrogen-bond acceptors (Lipinski definition) is 4. The van der Waals surface area contributed by atoms with Crippen LogP contribution in [0.2, 0.25) is 5.02 Å². The lowest BCUT2D eigenvalue weighted by molar-refractivity contribution is 0.417. The van der Waals surface area contributed by atoms with E-state index in [-0.39, 0.29) is 29.0 Å². The topological polar surface area (TPSA) is 71.1 Å². The van der Waals surface area contributed by atoms with E-state index in [1.165, 1.54) is 13.2 Å². The summed E-state index contributed by atoms with van der Waals surface area (Å²) in [5, 5.41) is 23.5.